The number of nitrogens with two attached hydrogens (primary N) is 2. The summed E-state index contributed by atoms with van der Waals surface area (Å²) in [5.41, 5.74) is 5.65. The molecule has 0 bridgehead atoms. The van der Waals surface area contributed by atoms with E-state index in [1.807, 2.05) is 0 Å². The molecule has 3 heteroatoms. The summed E-state index contributed by atoms with van der Waals surface area (Å²) in [5.74, 6) is 0. The zero-order chi connectivity index (χ0) is 9.23. The summed E-state index contributed by atoms with van der Waals surface area (Å²) in [6, 6.07) is 0.403. The molecule has 0 saturated heterocycles. The topological polar surface area (TPSA) is 59.5 Å². The van der Waals surface area contributed by atoms with Gasteiger partial charge in [0.1, 0.15) is 0 Å². The molecule has 0 aliphatic rings. The Morgan fingerprint density at radius 2 is 1.36 bits per heavy atom. The Morgan fingerprint density at radius 1 is 0.929 bits per heavy atom. The Morgan fingerprint density at radius 3 is 1.79 bits per heavy atom. The SMILES string of the molecule is CCCCCCCCCC(C)N.[NH2-].[Pt]. The van der Waals surface area contributed by atoms with E-state index in [0.717, 1.165) is 0 Å². The van der Waals surface area contributed by atoms with Gasteiger partial charge in [0.25, 0.3) is 0 Å². The quantitative estimate of drug-likeness (QED) is 0.629. The summed E-state index contributed by atoms with van der Waals surface area (Å²) >= 11 is 0. The minimum absolute atomic E-state index is 0. The molecule has 0 radical (unpaired) electrons. The van der Waals surface area contributed by atoms with Crippen LogP contribution in [-0.4, -0.2) is 6.04 Å². The minimum Gasteiger partial charge on any atom is -0.693 e. The third kappa shape index (κ3) is 18.4. The van der Waals surface area contributed by atoms with Crippen molar-refractivity contribution in [1.29, 1.82) is 0 Å². The van der Waals surface area contributed by atoms with E-state index in [9.17, 15) is 0 Å². The molecule has 0 aliphatic heterocycles. The second-order valence-corrected chi connectivity index (χ2v) is 3.89. The molecule has 92 valence electrons. The van der Waals surface area contributed by atoms with Crippen molar-refractivity contribution in [2.75, 3.05) is 0 Å². The van der Waals surface area contributed by atoms with Crippen LogP contribution in [0.4, 0.5) is 0 Å². The zero-order valence-corrected chi connectivity index (χ0v) is 12.0. The number of hydrogen-bond acceptors (Lipinski definition) is 1. The first kappa shape index (κ1) is 20.1. The van der Waals surface area contributed by atoms with Gasteiger partial charge in [-0.05, 0) is 13.3 Å². The van der Waals surface area contributed by atoms with Crippen molar-refractivity contribution >= 4 is 0 Å². The predicted molar refractivity (Wildman–Crippen MR) is 61.5 cm³/mol. The average Bonchev–Trinajstić information content (AvgIpc) is 2.02. The first-order valence-corrected chi connectivity index (χ1v) is 5.53. The first-order valence-electron chi connectivity index (χ1n) is 5.53. The predicted octanol–water partition coefficient (Wildman–Crippen LogP) is 4.19. The fraction of sp³-hybridized carbons (Fsp3) is 1.00. The van der Waals surface area contributed by atoms with E-state index in [1.165, 1.54) is 51.4 Å². The Labute approximate surface area is 104 Å². The zero-order valence-electron chi connectivity index (χ0n) is 9.71. The molecule has 1 atom stereocenters. The molecule has 4 N–H and O–H groups in total. The van der Waals surface area contributed by atoms with Gasteiger partial charge in [-0.15, -0.1) is 0 Å². The third-order valence-corrected chi connectivity index (χ3v) is 2.26. The second kappa shape index (κ2) is 16.1. The van der Waals surface area contributed by atoms with E-state index in [-0.39, 0.29) is 27.2 Å². The first-order chi connectivity index (χ1) is 5.77. The Kier molecular flexibility index (Phi) is 23.0. The summed E-state index contributed by atoms with van der Waals surface area (Å²) in [7, 11) is 0. The van der Waals surface area contributed by atoms with Crippen molar-refractivity contribution in [2.24, 2.45) is 5.73 Å². The maximum Gasteiger partial charge on any atom is 0.00104 e. The van der Waals surface area contributed by atoms with E-state index in [0.29, 0.717) is 6.04 Å². The van der Waals surface area contributed by atoms with Crippen LogP contribution in [0.2, 0.25) is 0 Å². The van der Waals surface area contributed by atoms with E-state index in [2.05, 4.69) is 13.8 Å². The van der Waals surface area contributed by atoms with Gasteiger partial charge in [-0.3, -0.25) is 0 Å². The molecule has 0 fully saturated rings. The minimum atomic E-state index is 0. The van der Waals surface area contributed by atoms with Gasteiger partial charge in [0.05, 0.1) is 0 Å². The molecule has 0 aromatic rings. The summed E-state index contributed by atoms with van der Waals surface area (Å²) in [6.07, 6.45) is 10.9. The molecular formula is C11H27N2Pt-. The molecular weight excluding hydrogens is 355 g/mol. The molecule has 1 unspecified atom stereocenters. The van der Waals surface area contributed by atoms with Crippen molar-refractivity contribution in [3.63, 3.8) is 0 Å². The van der Waals surface area contributed by atoms with Crippen LogP contribution in [0.25, 0.3) is 6.15 Å². The largest absolute Gasteiger partial charge is 0.693 e. The Balaban J connectivity index is -0.000000605. The van der Waals surface area contributed by atoms with Crippen molar-refractivity contribution in [3.8, 4) is 0 Å². The second-order valence-electron chi connectivity index (χ2n) is 3.89. The van der Waals surface area contributed by atoms with Crippen LogP contribution in [0.5, 0.6) is 0 Å². The maximum atomic E-state index is 5.65. The van der Waals surface area contributed by atoms with Crippen molar-refractivity contribution < 1.29 is 21.1 Å². The average molecular weight is 382 g/mol. The molecule has 0 spiro atoms. The molecule has 0 heterocycles. The van der Waals surface area contributed by atoms with Gasteiger partial charge >= 0.3 is 0 Å². The van der Waals surface area contributed by atoms with Crippen molar-refractivity contribution in [2.45, 2.75) is 71.3 Å². The molecule has 0 rings (SSSR count). The summed E-state index contributed by atoms with van der Waals surface area (Å²) in [6.45, 7) is 4.35. The van der Waals surface area contributed by atoms with Crippen LogP contribution >= 0.6 is 0 Å². The fourth-order valence-electron chi connectivity index (χ4n) is 1.42. The van der Waals surface area contributed by atoms with Crippen molar-refractivity contribution in [3.05, 3.63) is 6.15 Å². The molecule has 2 nitrogen and oxygen atoms in total. The Hall–Kier alpha value is 0.608. The van der Waals surface area contributed by atoms with Crippen LogP contribution in [-0.2, 0) is 21.1 Å². The molecule has 0 aliphatic carbocycles. The van der Waals surface area contributed by atoms with Crippen molar-refractivity contribution in [1.82, 2.24) is 0 Å². The van der Waals surface area contributed by atoms with Crippen LogP contribution in [0.15, 0.2) is 0 Å². The van der Waals surface area contributed by atoms with Gasteiger partial charge in [-0.2, -0.15) is 0 Å². The summed E-state index contributed by atoms with van der Waals surface area (Å²) < 4.78 is 0. The maximum absolute atomic E-state index is 5.65. The number of rotatable bonds is 8. The van der Waals surface area contributed by atoms with Gasteiger partial charge in [-0.1, -0.05) is 51.9 Å². The van der Waals surface area contributed by atoms with Gasteiger partial charge in [-0.25, -0.2) is 0 Å². The van der Waals surface area contributed by atoms with Crippen LogP contribution < -0.4 is 5.73 Å². The number of unbranched alkanes of at least 4 members (excludes halogenated alkanes) is 6. The summed E-state index contributed by atoms with van der Waals surface area (Å²) in [5, 5.41) is 0. The van der Waals surface area contributed by atoms with E-state index < -0.39 is 0 Å². The van der Waals surface area contributed by atoms with Gasteiger partial charge in [0.15, 0.2) is 0 Å². The Bertz CT molecular complexity index is 87.4. The molecule has 0 saturated carbocycles. The normalized spacial score (nSPS) is 11.4. The van der Waals surface area contributed by atoms with Crippen LogP contribution in [0.3, 0.4) is 0 Å². The van der Waals surface area contributed by atoms with E-state index in [1.54, 1.807) is 0 Å². The van der Waals surface area contributed by atoms with Crippen LogP contribution in [0, 0.1) is 0 Å². The molecule has 0 aromatic heterocycles. The van der Waals surface area contributed by atoms with Gasteiger partial charge in [0, 0.05) is 27.1 Å². The third-order valence-electron chi connectivity index (χ3n) is 2.26. The standard InChI is InChI=1S/C11H25N.H2N.Pt/c1-3-4-5-6-7-8-9-10-11(2)12;;/h11H,3-10,12H2,1-2H3;1H2;/q;-1;. The smallest absolute Gasteiger partial charge is 0.00104 e. The van der Waals surface area contributed by atoms with Gasteiger partial charge < -0.3 is 11.9 Å². The number of hydrogen-bond donors (Lipinski definition) is 1. The monoisotopic (exact) mass is 382 g/mol. The molecule has 0 amide bonds. The molecule has 0 aromatic carbocycles. The van der Waals surface area contributed by atoms with E-state index in [4.69, 9.17) is 5.73 Å². The van der Waals surface area contributed by atoms with Gasteiger partial charge in [0.2, 0.25) is 0 Å². The van der Waals surface area contributed by atoms with Crippen LogP contribution in [0.1, 0.15) is 65.2 Å². The fourth-order valence-corrected chi connectivity index (χ4v) is 1.42. The summed E-state index contributed by atoms with van der Waals surface area (Å²) in [4.78, 5) is 0. The molecule has 14 heavy (non-hydrogen) atoms. The van der Waals surface area contributed by atoms with E-state index >= 15 is 0 Å².